The maximum absolute atomic E-state index is 4.39. The molecule has 0 unspecified atom stereocenters. The van der Waals surface area contributed by atoms with Crippen LogP contribution >= 0.6 is 0 Å². The summed E-state index contributed by atoms with van der Waals surface area (Å²) in [5, 5.41) is 0. The highest BCUT2D eigenvalue weighted by Crippen LogP contribution is 2.33. The maximum Gasteiger partial charge on any atom is -0.00137 e. The molecule has 0 radical (unpaired) electrons. The fourth-order valence-electron chi connectivity index (χ4n) is 4.47. The molecule has 5 rings (SSSR count). The van der Waals surface area contributed by atoms with E-state index >= 15 is 0 Å². The fraction of sp³-hybridized carbons (Fsp3) is 0.185. The van der Waals surface area contributed by atoms with Crippen molar-refractivity contribution in [3.8, 4) is 0 Å². The molecule has 0 fully saturated rings. The van der Waals surface area contributed by atoms with Crippen LogP contribution in [0, 0.1) is 0 Å². The van der Waals surface area contributed by atoms with Gasteiger partial charge in [-0.25, -0.2) is 0 Å². The molecule has 0 bridgehead atoms. The van der Waals surface area contributed by atoms with Gasteiger partial charge in [0.1, 0.15) is 0 Å². The number of allylic oxidation sites excluding steroid dienone is 2. The van der Waals surface area contributed by atoms with Gasteiger partial charge in [-0.15, -0.1) is 0 Å². The van der Waals surface area contributed by atoms with Crippen LogP contribution in [0.5, 0.6) is 0 Å². The third-order valence-electron chi connectivity index (χ3n) is 5.99. The van der Waals surface area contributed by atoms with Crippen LogP contribution in [-0.2, 0) is 25.7 Å². The zero-order valence-corrected chi connectivity index (χ0v) is 15.7. The molecule has 27 heavy (non-hydrogen) atoms. The first-order valence-electron chi connectivity index (χ1n) is 9.94. The highest BCUT2D eigenvalue weighted by Gasteiger charge is 2.15. The van der Waals surface area contributed by atoms with Gasteiger partial charge in [0.2, 0.25) is 0 Å². The van der Waals surface area contributed by atoms with Crippen LogP contribution in [0.2, 0.25) is 0 Å². The molecule has 0 saturated heterocycles. The van der Waals surface area contributed by atoms with E-state index in [0.717, 1.165) is 12.8 Å². The molecular formula is C27H24. The molecule has 0 aliphatic heterocycles. The minimum absolute atomic E-state index is 0.917. The van der Waals surface area contributed by atoms with Gasteiger partial charge in [-0.1, -0.05) is 79.4 Å². The summed E-state index contributed by atoms with van der Waals surface area (Å²) in [7, 11) is 0. The molecule has 2 aliphatic rings. The summed E-state index contributed by atoms with van der Waals surface area (Å²) in [5.74, 6) is 0. The lowest BCUT2D eigenvalue weighted by Crippen LogP contribution is -1.93. The Bertz CT molecular complexity index is 1050. The van der Waals surface area contributed by atoms with Crippen molar-refractivity contribution in [3.05, 3.63) is 112 Å². The quantitative estimate of drug-likeness (QED) is 0.503. The molecule has 0 amide bonds. The van der Waals surface area contributed by atoms with Crippen molar-refractivity contribution in [2.45, 2.75) is 32.1 Å². The van der Waals surface area contributed by atoms with Crippen LogP contribution in [0.4, 0.5) is 0 Å². The van der Waals surface area contributed by atoms with Crippen LogP contribution in [0.25, 0.3) is 17.2 Å². The summed E-state index contributed by atoms with van der Waals surface area (Å²) in [6.45, 7) is 4.39. The fourth-order valence-corrected chi connectivity index (χ4v) is 4.47. The molecule has 3 aromatic rings. The number of hydrogen-bond acceptors (Lipinski definition) is 0. The van der Waals surface area contributed by atoms with E-state index in [-0.39, 0.29) is 0 Å². The molecule has 0 spiro atoms. The van der Waals surface area contributed by atoms with E-state index < -0.39 is 0 Å². The van der Waals surface area contributed by atoms with E-state index in [1.807, 2.05) is 0 Å². The summed E-state index contributed by atoms with van der Waals surface area (Å²) < 4.78 is 0. The van der Waals surface area contributed by atoms with Gasteiger partial charge < -0.3 is 0 Å². The Morgan fingerprint density at radius 2 is 1.63 bits per heavy atom. The third kappa shape index (κ3) is 3.17. The van der Waals surface area contributed by atoms with E-state index in [0.29, 0.717) is 0 Å². The third-order valence-corrected chi connectivity index (χ3v) is 5.99. The second-order valence-corrected chi connectivity index (χ2v) is 7.86. The van der Waals surface area contributed by atoms with Gasteiger partial charge in [-0.2, -0.15) is 0 Å². The SMILES string of the molecule is C=C(Cc1ccc2c(c1)C=C(c1ccccc1)C2)c1ccc2c(c1)CCC2. The van der Waals surface area contributed by atoms with Gasteiger partial charge in [0.15, 0.2) is 0 Å². The summed E-state index contributed by atoms with van der Waals surface area (Å²) >= 11 is 0. The van der Waals surface area contributed by atoms with Crippen molar-refractivity contribution < 1.29 is 0 Å². The van der Waals surface area contributed by atoms with Crippen molar-refractivity contribution in [2.75, 3.05) is 0 Å². The smallest absolute Gasteiger partial charge is 0.00137 e. The predicted octanol–water partition coefficient (Wildman–Crippen LogP) is 6.53. The highest BCUT2D eigenvalue weighted by molar-refractivity contribution is 5.88. The molecule has 0 heteroatoms. The van der Waals surface area contributed by atoms with E-state index in [1.54, 1.807) is 0 Å². The number of hydrogen-bond donors (Lipinski definition) is 0. The van der Waals surface area contributed by atoms with Crippen LogP contribution < -0.4 is 0 Å². The molecule has 3 aromatic carbocycles. The number of fused-ring (bicyclic) bond motifs is 2. The lowest BCUT2D eigenvalue weighted by molar-refractivity contribution is 0.911. The molecule has 2 aliphatic carbocycles. The van der Waals surface area contributed by atoms with Gasteiger partial charge in [-0.3, -0.25) is 0 Å². The van der Waals surface area contributed by atoms with E-state index in [1.165, 1.54) is 69.4 Å². The normalized spacial score (nSPS) is 14.6. The van der Waals surface area contributed by atoms with Crippen molar-refractivity contribution in [2.24, 2.45) is 0 Å². The average Bonchev–Trinajstić information content (AvgIpc) is 3.34. The van der Waals surface area contributed by atoms with Crippen LogP contribution in [0.1, 0.15) is 45.4 Å². The molecule has 0 N–H and O–H groups in total. The first-order valence-corrected chi connectivity index (χ1v) is 9.94. The first kappa shape index (κ1) is 16.3. The highest BCUT2D eigenvalue weighted by atomic mass is 14.2. The minimum atomic E-state index is 0.917. The Balaban J connectivity index is 1.37. The number of aryl methyl sites for hydroxylation is 2. The molecule has 0 heterocycles. The predicted molar refractivity (Wildman–Crippen MR) is 116 cm³/mol. The van der Waals surface area contributed by atoms with E-state index in [2.05, 4.69) is 79.4 Å². The Morgan fingerprint density at radius 3 is 2.52 bits per heavy atom. The van der Waals surface area contributed by atoms with Crippen molar-refractivity contribution in [1.29, 1.82) is 0 Å². The average molecular weight is 348 g/mol. The number of rotatable bonds is 4. The van der Waals surface area contributed by atoms with Crippen LogP contribution in [0.15, 0.2) is 73.3 Å². The standard InChI is InChI=1S/C27H24/c1-19(23-13-12-22-8-5-9-24(22)16-23)14-20-10-11-25-17-27(18-26(25)15-20)21-6-3-2-4-7-21/h2-4,6-7,10-13,15-16,18H,1,5,8-9,14,17H2. The lowest BCUT2D eigenvalue weighted by Gasteiger charge is -2.10. The molecule has 0 atom stereocenters. The van der Waals surface area contributed by atoms with E-state index in [9.17, 15) is 0 Å². The first-order chi connectivity index (χ1) is 13.3. The summed E-state index contributed by atoms with van der Waals surface area (Å²) in [4.78, 5) is 0. The monoisotopic (exact) mass is 348 g/mol. The van der Waals surface area contributed by atoms with Crippen molar-refractivity contribution in [1.82, 2.24) is 0 Å². The maximum atomic E-state index is 4.39. The Hall–Kier alpha value is -2.86. The van der Waals surface area contributed by atoms with Gasteiger partial charge in [-0.05, 0) is 82.2 Å². The largest absolute Gasteiger partial charge is 0.0949 e. The van der Waals surface area contributed by atoms with E-state index in [4.69, 9.17) is 0 Å². The second kappa shape index (κ2) is 6.70. The van der Waals surface area contributed by atoms with Gasteiger partial charge in [0.05, 0.1) is 0 Å². The Labute approximate surface area is 161 Å². The number of benzene rings is 3. The molecule has 0 aromatic heterocycles. The van der Waals surface area contributed by atoms with Gasteiger partial charge in [0.25, 0.3) is 0 Å². The molecule has 132 valence electrons. The van der Waals surface area contributed by atoms with Crippen LogP contribution in [-0.4, -0.2) is 0 Å². The lowest BCUT2D eigenvalue weighted by atomic mass is 9.95. The minimum Gasteiger partial charge on any atom is -0.0949 e. The summed E-state index contributed by atoms with van der Waals surface area (Å²) in [5.41, 5.74) is 12.5. The van der Waals surface area contributed by atoms with Crippen molar-refractivity contribution in [3.63, 3.8) is 0 Å². The van der Waals surface area contributed by atoms with Crippen molar-refractivity contribution >= 4 is 17.2 Å². The zero-order valence-electron chi connectivity index (χ0n) is 15.7. The molecule has 0 nitrogen and oxygen atoms in total. The Kier molecular flexibility index (Phi) is 4.05. The van der Waals surface area contributed by atoms with Crippen LogP contribution in [0.3, 0.4) is 0 Å². The molecular weight excluding hydrogens is 324 g/mol. The Morgan fingerprint density at radius 1 is 0.815 bits per heavy atom. The van der Waals surface area contributed by atoms with Gasteiger partial charge >= 0.3 is 0 Å². The summed E-state index contributed by atoms with van der Waals surface area (Å²) in [6.07, 6.45) is 8.07. The second-order valence-electron chi connectivity index (χ2n) is 7.86. The topological polar surface area (TPSA) is 0 Å². The van der Waals surface area contributed by atoms with Gasteiger partial charge in [0, 0.05) is 0 Å². The summed E-state index contributed by atoms with van der Waals surface area (Å²) in [6, 6.07) is 24.6. The molecule has 0 saturated carbocycles. The zero-order chi connectivity index (χ0) is 18.2.